The van der Waals surface area contributed by atoms with Gasteiger partial charge in [-0.1, -0.05) is 51.5 Å². The molecule has 0 aromatic heterocycles. The summed E-state index contributed by atoms with van der Waals surface area (Å²) in [6.07, 6.45) is -1.01. The topological polar surface area (TPSA) is 77.8 Å². The largest absolute Gasteiger partial charge is 0.508 e. The number of carboxylic acid groups (broad SMARTS) is 1. The van der Waals surface area contributed by atoms with Crippen molar-refractivity contribution in [2.45, 2.75) is 139 Å². The van der Waals surface area contributed by atoms with Gasteiger partial charge in [-0.2, -0.15) is 39.5 Å². The Morgan fingerprint density at radius 1 is 0.894 bits per heavy atom. The minimum Gasteiger partial charge on any atom is -0.508 e. The quantitative estimate of drug-likeness (QED) is 0.127. The Hall–Kier alpha value is -2.18. The molecule has 3 aliphatic carbocycles. The highest BCUT2D eigenvalue weighted by Gasteiger charge is 2.81. The molecule has 7 atom stereocenters. The van der Waals surface area contributed by atoms with Gasteiger partial charge >= 0.3 is 29.9 Å². The number of aliphatic hydroxyl groups is 1. The van der Waals surface area contributed by atoms with Crippen LogP contribution in [0, 0.1) is 29.1 Å². The fraction of sp³-hybridized carbons (Fsp3) is 0.794. The number of carbonyl (C=O) groups is 1. The number of fused-ring (bicyclic) bond motifs is 5. The molecule has 0 bridgehead atoms. The molecular weight excluding hydrogens is 643 g/mol. The highest BCUT2D eigenvalue weighted by atomic mass is 19.4. The number of carboxylic acids is 1. The zero-order chi connectivity index (χ0) is 35.0. The molecule has 4 rings (SSSR count). The number of unbranched alkanes of at least 4 members (excludes halogenated alkanes) is 5. The van der Waals surface area contributed by atoms with Crippen LogP contribution in [0.1, 0.15) is 114 Å². The first-order valence-electron chi connectivity index (χ1n) is 16.7. The van der Waals surface area contributed by atoms with E-state index in [1.165, 1.54) is 11.1 Å². The first-order valence-corrected chi connectivity index (χ1v) is 16.7. The number of alkyl halides is 9. The molecule has 268 valence electrons. The van der Waals surface area contributed by atoms with E-state index in [-0.39, 0.29) is 30.1 Å². The minimum absolute atomic E-state index is 0.125. The average Bonchev–Trinajstić information content (AvgIpc) is 3.27. The summed E-state index contributed by atoms with van der Waals surface area (Å²) in [7, 11) is 0. The zero-order valence-corrected chi connectivity index (χ0v) is 26.5. The number of hydrogen-bond acceptors (Lipinski definition) is 3. The second kappa shape index (κ2) is 14.0. The fourth-order valence-corrected chi connectivity index (χ4v) is 8.95. The predicted molar refractivity (Wildman–Crippen MR) is 156 cm³/mol. The summed E-state index contributed by atoms with van der Waals surface area (Å²) in [5.74, 6) is -20.8. The summed E-state index contributed by atoms with van der Waals surface area (Å²) in [6, 6.07) is 5.66. The van der Waals surface area contributed by atoms with Crippen LogP contribution in [0.3, 0.4) is 0 Å². The normalized spacial score (nSPS) is 28.8. The molecule has 0 heterocycles. The van der Waals surface area contributed by atoms with Crippen molar-refractivity contribution in [3.63, 3.8) is 0 Å². The zero-order valence-electron chi connectivity index (χ0n) is 26.5. The van der Waals surface area contributed by atoms with Crippen LogP contribution >= 0.6 is 0 Å². The van der Waals surface area contributed by atoms with Crippen LogP contribution in [0.5, 0.6) is 5.75 Å². The van der Waals surface area contributed by atoms with Crippen molar-refractivity contribution >= 4 is 5.97 Å². The number of aryl methyl sites for hydroxylation is 1. The summed E-state index contributed by atoms with van der Waals surface area (Å²) in [5, 5.41) is 30.3. The molecule has 3 N–H and O–H groups in total. The number of phenolic OH excluding ortho intramolecular Hbond substituents is 1. The SMILES string of the molecule is C[C@]12CC(CCCCCCCCC(CCC(F)(F)C(F)(F)C(F)(F)C(F)(F)F)C(=O)O)C3c4ccc(O)cc4CCC3C1CC[C@@H]2O. The van der Waals surface area contributed by atoms with Crippen molar-refractivity contribution in [3.05, 3.63) is 29.3 Å². The third-order valence-corrected chi connectivity index (χ3v) is 11.5. The first kappa shape index (κ1) is 37.6. The van der Waals surface area contributed by atoms with Gasteiger partial charge in [0, 0.05) is 6.42 Å². The van der Waals surface area contributed by atoms with Gasteiger partial charge < -0.3 is 15.3 Å². The highest BCUT2D eigenvalue weighted by molar-refractivity contribution is 5.69. The molecule has 13 heteroatoms. The first-order chi connectivity index (χ1) is 21.7. The van der Waals surface area contributed by atoms with Crippen LogP contribution in [0.4, 0.5) is 39.5 Å². The Kier molecular flexibility index (Phi) is 11.2. The molecule has 47 heavy (non-hydrogen) atoms. The van der Waals surface area contributed by atoms with E-state index in [1.807, 2.05) is 6.07 Å². The van der Waals surface area contributed by atoms with Crippen LogP contribution in [-0.2, 0) is 11.2 Å². The van der Waals surface area contributed by atoms with Gasteiger partial charge in [0.15, 0.2) is 0 Å². The van der Waals surface area contributed by atoms with E-state index in [1.54, 1.807) is 6.07 Å². The molecule has 1 aromatic rings. The Morgan fingerprint density at radius 2 is 1.53 bits per heavy atom. The van der Waals surface area contributed by atoms with E-state index in [0.717, 1.165) is 57.8 Å². The smallest absolute Gasteiger partial charge is 0.460 e. The molecule has 4 nitrogen and oxygen atoms in total. The Morgan fingerprint density at radius 3 is 2.17 bits per heavy atom. The number of aliphatic carboxylic acids is 1. The summed E-state index contributed by atoms with van der Waals surface area (Å²) in [4.78, 5) is 11.5. The predicted octanol–water partition coefficient (Wildman–Crippen LogP) is 9.91. The van der Waals surface area contributed by atoms with E-state index in [9.17, 15) is 59.6 Å². The number of aliphatic hydroxyl groups excluding tert-OH is 1. The van der Waals surface area contributed by atoms with Gasteiger partial charge in [0.05, 0.1) is 12.0 Å². The lowest BCUT2D eigenvalue weighted by molar-refractivity contribution is -0.396. The maximum absolute atomic E-state index is 13.9. The number of phenols is 1. The average molecular weight is 689 g/mol. The molecule has 0 saturated heterocycles. The summed E-state index contributed by atoms with van der Waals surface area (Å²) in [6.45, 7) is 2.22. The van der Waals surface area contributed by atoms with Gasteiger partial charge in [-0.15, -0.1) is 0 Å². The lowest BCUT2D eigenvalue weighted by Crippen LogP contribution is -2.60. The van der Waals surface area contributed by atoms with Gasteiger partial charge in [-0.25, -0.2) is 0 Å². The Bertz CT molecular complexity index is 1240. The van der Waals surface area contributed by atoms with E-state index in [4.69, 9.17) is 0 Å². The van der Waals surface area contributed by atoms with Crippen molar-refractivity contribution in [2.75, 3.05) is 0 Å². The minimum atomic E-state index is -6.98. The van der Waals surface area contributed by atoms with Crippen LogP contribution in [0.15, 0.2) is 18.2 Å². The number of rotatable bonds is 15. The maximum atomic E-state index is 13.9. The third-order valence-electron chi connectivity index (χ3n) is 11.5. The summed E-state index contributed by atoms with van der Waals surface area (Å²) >= 11 is 0. The standard InChI is InChI=1S/C34H45F9O4/c1-30-19-22(28-24-13-11-23(44)18-21(24)10-12-25(28)26(30)14-15-27(30)45)9-7-5-3-2-4-6-8-20(29(46)47)16-17-31(35,36)32(37,38)33(39,40)34(41,42)43/h11,13,18,20,22,25-28,44-45H,2-10,12,14-17,19H2,1H3,(H,46,47)/t20?,22?,25?,26?,27-,28?,30-/m0/s1. The maximum Gasteiger partial charge on any atom is 0.460 e. The van der Waals surface area contributed by atoms with Crippen molar-refractivity contribution in [2.24, 2.45) is 29.1 Å². The van der Waals surface area contributed by atoms with Gasteiger partial charge in [-0.05, 0) is 104 Å². The highest BCUT2D eigenvalue weighted by Crippen LogP contribution is 2.63. The van der Waals surface area contributed by atoms with Crippen LogP contribution in [-0.4, -0.2) is 51.3 Å². The van der Waals surface area contributed by atoms with Crippen molar-refractivity contribution in [1.29, 1.82) is 0 Å². The van der Waals surface area contributed by atoms with Gasteiger partial charge in [0.2, 0.25) is 0 Å². The van der Waals surface area contributed by atoms with E-state index in [0.29, 0.717) is 36.5 Å². The molecule has 0 spiro atoms. The molecule has 0 amide bonds. The molecule has 3 aliphatic rings. The van der Waals surface area contributed by atoms with Crippen molar-refractivity contribution < 1.29 is 59.6 Å². The number of halogens is 9. The lowest BCUT2D eigenvalue weighted by Gasteiger charge is -2.54. The monoisotopic (exact) mass is 688 g/mol. The van der Waals surface area contributed by atoms with E-state index >= 15 is 0 Å². The fourth-order valence-electron chi connectivity index (χ4n) is 8.95. The second-order valence-electron chi connectivity index (χ2n) is 14.4. The third kappa shape index (κ3) is 7.39. The number of benzene rings is 1. The molecule has 2 saturated carbocycles. The Labute approximate surface area is 269 Å². The number of hydrogen-bond donors (Lipinski definition) is 3. The van der Waals surface area contributed by atoms with Crippen molar-refractivity contribution in [3.8, 4) is 5.75 Å². The lowest BCUT2D eigenvalue weighted by atomic mass is 9.51. The second-order valence-corrected chi connectivity index (χ2v) is 14.4. The molecule has 1 aromatic carbocycles. The van der Waals surface area contributed by atoms with E-state index < -0.39 is 48.7 Å². The molecule has 5 unspecified atom stereocenters. The molecule has 0 radical (unpaired) electrons. The van der Waals surface area contributed by atoms with Gasteiger partial charge in [0.25, 0.3) is 0 Å². The molecular formula is C34H45F9O4. The van der Waals surface area contributed by atoms with Gasteiger partial charge in [-0.3, -0.25) is 4.79 Å². The van der Waals surface area contributed by atoms with Crippen LogP contribution < -0.4 is 0 Å². The van der Waals surface area contributed by atoms with Crippen molar-refractivity contribution in [1.82, 2.24) is 0 Å². The van der Waals surface area contributed by atoms with Crippen LogP contribution in [0.2, 0.25) is 0 Å². The summed E-state index contributed by atoms with van der Waals surface area (Å²) < 4.78 is 118. The van der Waals surface area contributed by atoms with E-state index in [2.05, 4.69) is 13.0 Å². The molecule has 0 aliphatic heterocycles. The number of aromatic hydroxyl groups is 1. The summed E-state index contributed by atoms with van der Waals surface area (Å²) in [5.41, 5.74) is 2.37. The molecule has 2 fully saturated rings. The van der Waals surface area contributed by atoms with Crippen LogP contribution in [0.25, 0.3) is 0 Å². The van der Waals surface area contributed by atoms with Gasteiger partial charge in [0.1, 0.15) is 5.75 Å². The Balaban J connectivity index is 1.24.